The van der Waals surface area contributed by atoms with E-state index in [1.165, 1.54) is 17.7 Å². The summed E-state index contributed by atoms with van der Waals surface area (Å²) in [5.74, 6) is 0.212. The lowest BCUT2D eigenvalue weighted by Gasteiger charge is -1.98. The van der Waals surface area contributed by atoms with Gasteiger partial charge in [0.2, 0.25) is 5.89 Å². The summed E-state index contributed by atoms with van der Waals surface area (Å²) in [5, 5.41) is 8.88. The predicted molar refractivity (Wildman–Crippen MR) is 102 cm³/mol. The predicted octanol–water partition coefficient (Wildman–Crippen LogP) is 6.07. The van der Waals surface area contributed by atoms with Crippen LogP contribution in [0.15, 0.2) is 59.1 Å². The first kappa shape index (κ1) is 20.2. The van der Waals surface area contributed by atoms with E-state index < -0.39 is 5.97 Å². The van der Waals surface area contributed by atoms with Crippen molar-refractivity contribution in [2.45, 2.75) is 34.6 Å². The molecule has 0 bridgehead atoms. The number of rotatable bonds is 3. The van der Waals surface area contributed by atoms with Gasteiger partial charge in [-0.05, 0) is 31.2 Å². The number of carbonyl (C=O) groups is 1. The highest BCUT2D eigenvalue weighted by Gasteiger charge is 2.09. The lowest BCUT2D eigenvalue weighted by Crippen LogP contribution is -1.94. The van der Waals surface area contributed by atoms with Crippen molar-refractivity contribution in [3.05, 3.63) is 65.9 Å². The molecule has 1 N–H and O–H groups in total. The Morgan fingerprint density at radius 1 is 0.880 bits per heavy atom. The molecule has 2 aromatic carbocycles. The van der Waals surface area contributed by atoms with Crippen LogP contribution in [0.3, 0.4) is 0 Å². The highest BCUT2D eigenvalue weighted by atomic mass is 16.4. The van der Waals surface area contributed by atoms with Crippen LogP contribution in [0.5, 0.6) is 0 Å². The van der Waals surface area contributed by atoms with E-state index in [-0.39, 0.29) is 5.56 Å². The van der Waals surface area contributed by atoms with Crippen molar-refractivity contribution in [2.75, 3.05) is 0 Å². The maximum atomic E-state index is 10.8. The van der Waals surface area contributed by atoms with Crippen molar-refractivity contribution in [3.63, 3.8) is 0 Å². The van der Waals surface area contributed by atoms with Crippen molar-refractivity contribution in [1.29, 1.82) is 0 Å². The summed E-state index contributed by atoms with van der Waals surface area (Å²) in [7, 11) is 0. The summed E-state index contributed by atoms with van der Waals surface area (Å²) in [6.07, 6.45) is 1.67. The molecular formula is C21H25NO3. The van der Waals surface area contributed by atoms with E-state index in [4.69, 9.17) is 9.52 Å². The number of carboxylic acid groups (broad SMARTS) is 1. The minimum Gasteiger partial charge on any atom is -0.478 e. The zero-order valence-corrected chi connectivity index (χ0v) is 15.4. The molecule has 4 nitrogen and oxygen atoms in total. The van der Waals surface area contributed by atoms with Crippen molar-refractivity contribution in [2.24, 2.45) is 0 Å². The molecule has 0 aliphatic heterocycles. The first-order valence-corrected chi connectivity index (χ1v) is 8.50. The van der Waals surface area contributed by atoms with Gasteiger partial charge in [0.25, 0.3) is 0 Å². The molecule has 0 aliphatic rings. The molecule has 3 aromatic rings. The Hall–Kier alpha value is -2.88. The van der Waals surface area contributed by atoms with Gasteiger partial charge < -0.3 is 9.52 Å². The fraction of sp³-hybridized carbons (Fsp3) is 0.238. The largest absolute Gasteiger partial charge is 0.478 e. The molecule has 3 rings (SSSR count). The van der Waals surface area contributed by atoms with Crippen molar-refractivity contribution >= 4 is 5.97 Å². The van der Waals surface area contributed by atoms with Crippen LogP contribution in [0.2, 0.25) is 0 Å². The Bertz CT molecular complexity index is 772. The van der Waals surface area contributed by atoms with Gasteiger partial charge in [-0.3, -0.25) is 0 Å². The van der Waals surface area contributed by atoms with Gasteiger partial charge in [-0.1, -0.05) is 57.5 Å². The fourth-order valence-electron chi connectivity index (χ4n) is 2.01. The van der Waals surface area contributed by atoms with E-state index in [1.54, 1.807) is 18.3 Å². The molecule has 0 saturated heterocycles. The number of aryl methyl sites for hydroxylation is 1. The third-order valence-corrected chi connectivity index (χ3v) is 3.22. The van der Waals surface area contributed by atoms with Gasteiger partial charge in [0, 0.05) is 11.1 Å². The zero-order valence-electron chi connectivity index (χ0n) is 15.4. The van der Waals surface area contributed by atoms with Gasteiger partial charge in [0.1, 0.15) is 0 Å². The van der Waals surface area contributed by atoms with Gasteiger partial charge in [-0.25, -0.2) is 9.78 Å². The molecule has 1 aromatic heterocycles. The number of benzene rings is 2. The third-order valence-electron chi connectivity index (χ3n) is 3.22. The first-order valence-electron chi connectivity index (χ1n) is 8.50. The summed E-state index contributed by atoms with van der Waals surface area (Å²) in [5.41, 5.74) is 3.13. The number of aromatic carboxylic acids is 1. The molecule has 132 valence electrons. The number of nitrogens with zero attached hydrogens (tertiary/aromatic N) is 1. The third kappa shape index (κ3) is 5.31. The molecule has 25 heavy (non-hydrogen) atoms. The average molecular weight is 339 g/mol. The highest BCUT2D eigenvalue weighted by molar-refractivity contribution is 5.88. The van der Waals surface area contributed by atoms with Crippen LogP contribution in [-0.2, 0) is 0 Å². The standard InChI is InChI=1S/C17H13NO3.2C2H6/c1-11-2-4-12(5-3-11)15-10-18-16(21-15)13-6-8-14(9-7-13)17(19)20;2*1-2/h2-10H,1H3,(H,19,20);2*1-2H3. The highest BCUT2D eigenvalue weighted by Crippen LogP contribution is 2.26. The van der Waals surface area contributed by atoms with Crippen molar-refractivity contribution < 1.29 is 14.3 Å². The van der Waals surface area contributed by atoms with Crippen LogP contribution in [0, 0.1) is 6.92 Å². The minimum absolute atomic E-state index is 0.240. The lowest BCUT2D eigenvalue weighted by molar-refractivity contribution is 0.0697. The molecule has 0 unspecified atom stereocenters. The van der Waals surface area contributed by atoms with E-state index >= 15 is 0 Å². The van der Waals surface area contributed by atoms with Crippen molar-refractivity contribution in [3.8, 4) is 22.8 Å². The smallest absolute Gasteiger partial charge is 0.335 e. The van der Waals surface area contributed by atoms with Crippen molar-refractivity contribution in [1.82, 2.24) is 4.98 Å². The minimum atomic E-state index is -0.950. The summed E-state index contributed by atoms with van der Waals surface area (Å²) >= 11 is 0. The monoisotopic (exact) mass is 339 g/mol. The molecular weight excluding hydrogens is 314 g/mol. The first-order chi connectivity index (χ1) is 12.1. The zero-order chi connectivity index (χ0) is 18.8. The fourth-order valence-corrected chi connectivity index (χ4v) is 2.01. The molecule has 0 radical (unpaired) electrons. The SMILES string of the molecule is CC.CC.Cc1ccc(-c2cnc(-c3ccc(C(=O)O)cc3)o2)cc1. The maximum Gasteiger partial charge on any atom is 0.335 e. The van der Waals surface area contributed by atoms with E-state index in [0.29, 0.717) is 11.7 Å². The lowest BCUT2D eigenvalue weighted by atomic mass is 10.1. The van der Waals surface area contributed by atoms with Crippen LogP contribution < -0.4 is 0 Å². The molecule has 0 fully saturated rings. The van der Waals surface area contributed by atoms with Gasteiger partial charge >= 0.3 is 5.97 Å². The number of carboxylic acids is 1. The maximum absolute atomic E-state index is 10.8. The topological polar surface area (TPSA) is 63.3 Å². The normalized spacial score (nSPS) is 9.32. The molecule has 0 saturated carbocycles. The number of aromatic nitrogens is 1. The number of hydrogen-bond acceptors (Lipinski definition) is 3. The molecule has 0 spiro atoms. The average Bonchev–Trinajstić information content (AvgIpc) is 3.16. The summed E-state index contributed by atoms with van der Waals surface area (Å²) in [4.78, 5) is 15.1. The molecule has 0 atom stereocenters. The molecule has 0 aliphatic carbocycles. The van der Waals surface area contributed by atoms with E-state index in [0.717, 1.165) is 11.1 Å². The van der Waals surface area contributed by atoms with E-state index in [1.807, 2.05) is 58.9 Å². The Kier molecular flexibility index (Phi) is 8.13. The molecule has 1 heterocycles. The second-order valence-electron chi connectivity index (χ2n) is 4.78. The van der Waals surface area contributed by atoms with Crippen LogP contribution in [0.4, 0.5) is 0 Å². The summed E-state index contributed by atoms with van der Waals surface area (Å²) in [6, 6.07) is 14.4. The van der Waals surface area contributed by atoms with Crippen LogP contribution in [0.1, 0.15) is 43.6 Å². The summed E-state index contributed by atoms with van der Waals surface area (Å²) in [6.45, 7) is 10.0. The van der Waals surface area contributed by atoms with Gasteiger partial charge in [0.05, 0.1) is 11.8 Å². The Morgan fingerprint density at radius 2 is 1.40 bits per heavy atom. The quantitative estimate of drug-likeness (QED) is 0.629. The van der Waals surface area contributed by atoms with Gasteiger partial charge in [-0.2, -0.15) is 0 Å². The van der Waals surface area contributed by atoms with E-state index in [2.05, 4.69) is 4.98 Å². The number of oxazole rings is 1. The van der Waals surface area contributed by atoms with Gasteiger partial charge in [0.15, 0.2) is 5.76 Å². The van der Waals surface area contributed by atoms with Crippen LogP contribution in [0.25, 0.3) is 22.8 Å². The molecule has 0 amide bonds. The Morgan fingerprint density at radius 3 is 1.92 bits per heavy atom. The summed E-state index contributed by atoms with van der Waals surface area (Å²) < 4.78 is 5.74. The second-order valence-corrected chi connectivity index (χ2v) is 4.78. The number of hydrogen-bond donors (Lipinski definition) is 1. The molecule has 4 heteroatoms. The second kappa shape index (κ2) is 10.1. The Balaban J connectivity index is 0.000000730. The van der Waals surface area contributed by atoms with Crippen LogP contribution >= 0.6 is 0 Å². The Labute approximate surface area is 149 Å². The van der Waals surface area contributed by atoms with Crippen LogP contribution in [-0.4, -0.2) is 16.1 Å². The van der Waals surface area contributed by atoms with Gasteiger partial charge in [-0.15, -0.1) is 0 Å². The van der Waals surface area contributed by atoms with E-state index in [9.17, 15) is 4.79 Å².